The molecule has 3 rings (SSSR count). The van der Waals surface area contributed by atoms with Gasteiger partial charge < -0.3 is 9.51 Å². The summed E-state index contributed by atoms with van der Waals surface area (Å²) in [4.78, 5) is 3.50. The molecule has 0 saturated carbocycles. The van der Waals surface area contributed by atoms with E-state index >= 15 is 0 Å². The van der Waals surface area contributed by atoms with Crippen molar-refractivity contribution in [2.24, 2.45) is 0 Å². The lowest BCUT2D eigenvalue weighted by Crippen LogP contribution is -1.85. The molecule has 0 amide bonds. The monoisotopic (exact) mass is 280 g/mol. The van der Waals surface area contributed by atoms with Crippen molar-refractivity contribution in [1.82, 2.24) is 10.1 Å². The summed E-state index contributed by atoms with van der Waals surface area (Å²) in [5.41, 5.74) is 5.96. The van der Waals surface area contributed by atoms with Crippen LogP contribution in [0.25, 0.3) is 11.3 Å². The molecule has 2 heterocycles. The van der Waals surface area contributed by atoms with Crippen LogP contribution in [0.15, 0.2) is 9.00 Å². The van der Waals surface area contributed by atoms with E-state index in [2.05, 4.69) is 26.1 Å². The molecule has 0 bridgehead atoms. The smallest absolute Gasteiger partial charge is 0.143 e. The van der Waals surface area contributed by atoms with E-state index in [1.54, 1.807) is 0 Å². The van der Waals surface area contributed by atoms with Crippen LogP contribution < -0.4 is 0 Å². The first-order valence-corrected chi connectivity index (χ1v) is 6.30. The highest BCUT2D eigenvalue weighted by atomic mass is 79.9. The Kier molecular flexibility index (Phi) is 2.21. The number of nitrogens with one attached hydrogen (secondary N) is 1. The van der Waals surface area contributed by atoms with Crippen molar-refractivity contribution in [2.45, 2.75) is 33.1 Å². The third-order valence-electron chi connectivity index (χ3n) is 3.26. The maximum Gasteiger partial charge on any atom is 0.143 e. The lowest BCUT2D eigenvalue weighted by atomic mass is 10.1. The minimum absolute atomic E-state index is 0.873. The molecule has 1 aliphatic carbocycles. The number of nitrogens with zero attached hydrogens (tertiary/aromatic N) is 1. The van der Waals surface area contributed by atoms with Crippen molar-refractivity contribution < 1.29 is 4.52 Å². The number of aryl methyl sites for hydroxylation is 3. The number of H-pyrrole nitrogens is 1. The van der Waals surface area contributed by atoms with Crippen molar-refractivity contribution in [3.63, 3.8) is 0 Å². The topological polar surface area (TPSA) is 41.8 Å². The Labute approximate surface area is 102 Å². The molecular weight excluding hydrogens is 268 g/mol. The molecule has 16 heavy (non-hydrogen) atoms. The molecule has 3 nitrogen and oxygen atoms in total. The van der Waals surface area contributed by atoms with Crippen LogP contribution >= 0.6 is 15.9 Å². The Morgan fingerprint density at radius 3 is 2.75 bits per heavy atom. The highest BCUT2D eigenvalue weighted by Gasteiger charge is 2.23. The number of hydrogen-bond acceptors (Lipinski definition) is 2. The van der Waals surface area contributed by atoms with Crippen molar-refractivity contribution in [2.75, 3.05) is 0 Å². The fourth-order valence-corrected chi connectivity index (χ4v) is 3.23. The van der Waals surface area contributed by atoms with E-state index in [0.29, 0.717) is 0 Å². The third kappa shape index (κ3) is 1.29. The van der Waals surface area contributed by atoms with Gasteiger partial charge in [0.15, 0.2) is 0 Å². The van der Waals surface area contributed by atoms with Gasteiger partial charge in [-0.2, -0.15) is 0 Å². The summed E-state index contributed by atoms with van der Waals surface area (Å²) in [7, 11) is 0. The molecule has 0 spiro atoms. The Morgan fingerprint density at radius 2 is 2.12 bits per heavy atom. The van der Waals surface area contributed by atoms with Gasteiger partial charge in [0, 0.05) is 10.2 Å². The highest BCUT2D eigenvalue weighted by Crippen LogP contribution is 2.39. The van der Waals surface area contributed by atoms with Crippen LogP contribution in [-0.4, -0.2) is 10.1 Å². The van der Waals surface area contributed by atoms with Gasteiger partial charge >= 0.3 is 0 Å². The quantitative estimate of drug-likeness (QED) is 0.868. The summed E-state index contributed by atoms with van der Waals surface area (Å²) in [5, 5.41) is 4.00. The van der Waals surface area contributed by atoms with Gasteiger partial charge in [-0.3, -0.25) is 0 Å². The molecule has 2 aromatic heterocycles. The lowest BCUT2D eigenvalue weighted by molar-refractivity contribution is 0.393. The predicted molar refractivity (Wildman–Crippen MR) is 65.5 cm³/mol. The number of aromatic amines is 1. The minimum Gasteiger partial charge on any atom is -0.361 e. The second-order valence-electron chi connectivity index (χ2n) is 4.32. The second-order valence-corrected chi connectivity index (χ2v) is 5.12. The van der Waals surface area contributed by atoms with Crippen LogP contribution in [0.1, 0.15) is 29.1 Å². The van der Waals surface area contributed by atoms with Crippen molar-refractivity contribution in [1.29, 1.82) is 0 Å². The molecule has 0 unspecified atom stereocenters. The summed E-state index contributed by atoms with van der Waals surface area (Å²) in [6, 6.07) is 0. The Morgan fingerprint density at radius 1 is 1.31 bits per heavy atom. The van der Waals surface area contributed by atoms with Gasteiger partial charge in [-0.05, 0) is 54.6 Å². The van der Waals surface area contributed by atoms with Gasteiger partial charge in [0.25, 0.3) is 0 Å². The van der Waals surface area contributed by atoms with Gasteiger partial charge in [-0.1, -0.05) is 5.16 Å². The van der Waals surface area contributed by atoms with Gasteiger partial charge in [0.1, 0.15) is 5.76 Å². The maximum atomic E-state index is 5.21. The Hall–Kier alpha value is -1.03. The van der Waals surface area contributed by atoms with Crippen LogP contribution in [0, 0.1) is 13.8 Å². The zero-order chi connectivity index (χ0) is 11.3. The molecule has 0 fully saturated rings. The van der Waals surface area contributed by atoms with E-state index in [4.69, 9.17) is 4.52 Å². The average molecular weight is 281 g/mol. The number of fused-ring (bicyclic) bond motifs is 1. The van der Waals surface area contributed by atoms with Gasteiger partial charge in [0.05, 0.1) is 17.0 Å². The van der Waals surface area contributed by atoms with Crippen LogP contribution in [0.2, 0.25) is 0 Å². The molecule has 2 aromatic rings. The van der Waals surface area contributed by atoms with E-state index in [1.165, 1.54) is 22.2 Å². The number of rotatable bonds is 1. The molecule has 0 atom stereocenters. The normalized spacial score (nSPS) is 14.4. The SMILES string of the molecule is Cc1noc(C)c1-c1[nH]c2c(c1Br)CCC2. The van der Waals surface area contributed by atoms with E-state index in [-0.39, 0.29) is 0 Å². The van der Waals surface area contributed by atoms with Crippen LogP contribution in [-0.2, 0) is 12.8 Å². The van der Waals surface area contributed by atoms with Crippen molar-refractivity contribution >= 4 is 15.9 Å². The molecule has 1 aliphatic rings. The van der Waals surface area contributed by atoms with Crippen molar-refractivity contribution in [3.8, 4) is 11.3 Å². The Balaban J connectivity index is 2.21. The Bertz CT molecular complexity index is 534. The summed E-state index contributed by atoms with van der Waals surface area (Å²) < 4.78 is 6.40. The first-order chi connectivity index (χ1) is 7.68. The van der Waals surface area contributed by atoms with E-state index in [0.717, 1.165) is 35.6 Å². The average Bonchev–Trinajstić information content (AvgIpc) is 2.88. The summed E-state index contributed by atoms with van der Waals surface area (Å²) in [5.74, 6) is 0.873. The summed E-state index contributed by atoms with van der Waals surface area (Å²) >= 11 is 3.69. The fraction of sp³-hybridized carbons (Fsp3) is 0.417. The number of halogens is 1. The second kappa shape index (κ2) is 3.48. The number of hydrogen-bond donors (Lipinski definition) is 1. The molecule has 1 N–H and O–H groups in total. The van der Waals surface area contributed by atoms with Gasteiger partial charge in [-0.25, -0.2) is 0 Å². The summed E-state index contributed by atoms with van der Waals surface area (Å²) in [6.45, 7) is 3.93. The molecule has 0 saturated heterocycles. The molecule has 0 radical (unpaired) electrons. The van der Waals surface area contributed by atoms with Gasteiger partial charge in [-0.15, -0.1) is 0 Å². The zero-order valence-corrected chi connectivity index (χ0v) is 10.9. The lowest BCUT2D eigenvalue weighted by Gasteiger charge is -1.99. The van der Waals surface area contributed by atoms with E-state index < -0.39 is 0 Å². The van der Waals surface area contributed by atoms with Crippen LogP contribution in [0.5, 0.6) is 0 Å². The molecular formula is C12H13BrN2O. The third-order valence-corrected chi connectivity index (χ3v) is 4.14. The van der Waals surface area contributed by atoms with Crippen molar-refractivity contribution in [3.05, 3.63) is 27.2 Å². The molecule has 0 aromatic carbocycles. The standard InChI is InChI=1S/C12H13BrN2O/c1-6-10(7(2)16-15-6)12-11(13)8-4-3-5-9(8)14-12/h14H,3-5H2,1-2H3. The van der Waals surface area contributed by atoms with Crippen LogP contribution in [0.4, 0.5) is 0 Å². The zero-order valence-electron chi connectivity index (χ0n) is 9.35. The molecule has 84 valence electrons. The first kappa shape index (κ1) is 10.1. The van der Waals surface area contributed by atoms with Gasteiger partial charge in [0.2, 0.25) is 0 Å². The fourth-order valence-electron chi connectivity index (χ4n) is 2.49. The highest BCUT2D eigenvalue weighted by molar-refractivity contribution is 9.10. The molecule has 0 aliphatic heterocycles. The molecule has 4 heteroatoms. The van der Waals surface area contributed by atoms with E-state index in [9.17, 15) is 0 Å². The maximum absolute atomic E-state index is 5.21. The minimum atomic E-state index is 0.873. The number of aromatic nitrogens is 2. The van der Waals surface area contributed by atoms with E-state index in [1.807, 2.05) is 13.8 Å². The van der Waals surface area contributed by atoms with Crippen LogP contribution in [0.3, 0.4) is 0 Å². The predicted octanol–water partition coefficient (Wildman–Crippen LogP) is 3.54. The summed E-state index contributed by atoms with van der Waals surface area (Å²) in [6.07, 6.45) is 3.56. The largest absolute Gasteiger partial charge is 0.361 e. The first-order valence-electron chi connectivity index (χ1n) is 5.51.